The molecule has 0 aromatic carbocycles. The van der Waals surface area contributed by atoms with E-state index in [4.69, 9.17) is 10.2 Å². The lowest BCUT2D eigenvalue weighted by atomic mass is 10.1. The van der Waals surface area contributed by atoms with Crippen molar-refractivity contribution < 1.29 is 19.8 Å². The van der Waals surface area contributed by atoms with Gasteiger partial charge in [0, 0.05) is 31.3 Å². The molecule has 1 aliphatic heterocycles. The van der Waals surface area contributed by atoms with Crippen LogP contribution in [0.15, 0.2) is 36.5 Å². The van der Waals surface area contributed by atoms with Crippen LogP contribution in [0.3, 0.4) is 0 Å². The largest absolute Gasteiger partial charge is 0.478 e. The Balaban J connectivity index is 0. The van der Waals surface area contributed by atoms with Crippen LogP contribution in [-0.4, -0.2) is 47.8 Å². The minimum Gasteiger partial charge on any atom is -0.478 e. The second-order valence-corrected chi connectivity index (χ2v) is 13.8. The Morgan fingerprint density at radius 2 is 0.816 bits per heavy atom. The zero-order valence-corrected chi connectivity index (χ0v) is 32.7. The van der Waals surface area contributed by atoms with E-state index < -0.39 is 11.9 Å². The van der Waals surface area contributed by atoms with E-state index in [2.05, 4.69) is 43.6 Å². The molecule has 1 fully saturated rings. The van der Waals surface area contributed by atoms with Crippen molar-refractivity contribution in [3.8, 4) is 0 Å². The first kappa shape index (κ1) is 49.2. The predicted molar refractivity (Wildman–Crippen MR) is 214 cm³/mol. The zero-order valence-electron chi connectivity index (χ0n) is 32.7. The Hall–Kier alpha value is -1.92. The van der Waals surface area contributed by atoms with Gasteiger partial charge in [-0.2, -0.15) is 0 Å². The maximum atomic E-state index is 10.1. The number of nitrogens with one attached hydrogen (secondary N) is 2. The number of rotatable bonds is 34. The van der Waals surface area contributed by atoms with Gasteiger partial charge in [0.1, 0.15) is 0 Å². The van der Waals surface area contributed by atoms with Gasteiger partial charge < -0.3 is 20.8 Å². The summed E-state index contributed by atoms with van der Waals surface area (Å²) >= 11 is 0. The van der Waals surface area contributed by atoms with Gasteiger partial charge in [0.25, 0.3) is 0 Å². The monoisotopic (exact) mass is 691 g/mol. The molecule has 0 saturated carbocycles. The van der Waals surface area contributed by atoms with E-state index in [-0.39, 0.29) is 0 Å². The van der Waals surface area contributed by atoms with Crippen molar-refractivity contribution in [2.45, 2.75) is 207 Å². The molecule has 1 rings (SSSR count). The summed E-state index contributed by atoms with van der Waals surface area (Å²) in [5.41, 5.74) is 0. The van der Waals surface area contributed by atoms with Crippen molar-refractivity contribution in [1.82, 2.24) is 10.6 Å². The SMILES string of the molecule is CCCCCCCC/C=C\CCCCCCCCNCC1CN1.CCCCCCCCC=CC(=O)O.CCCCCCCCC=CC(=O)O. The third-order valence-electron chi connectivity index (χ3n) is 8.72. The quantitative estimate of drug-likeness (QED) is 0.0232. The van der Waals surface area contributed by atoms with Crippen molar-refractivity contribution in [3.05, 3.63) is 36.5 Å². The Bertz CT molecular complexity index is 725. The highest BCUT2D eigenvalue weighted by Crippen LogP contribution is 2.10. The Morgan fingerprint density at radius 3 is 1.14 bits per heavy atom. The summed E-state index contributed by atoms with van der Waals surface area (Å²) in [4.78, 5) is 20.2. The fraction of sp³-hybridized carbons (Fsp3) is 0.814. The number of carboxylic acid groups (broad SMARTS) is 2. The summed E-state index contributed by atoms with van der Waals surface area (Å²) < 4.78 is 0. The number of allylic oxidation sites excluding steroid dienone is 4. The molecule has 0 spiro atoms. The van der Waals surface area contributed by atoms with Crippen LogP contribution in [0.25, 0.3) is 0 Å². The molecule has 1 atom stereocenters. The Morgan fingerprint density at radius 1 is 0.510 bits per heavy atom. The minimum absolute atomic E-state index is 0.782. The van der Waals surface area contributed by atoms with Crippen LogP contribution in [0.2, 0.25) is 0 Å². The van der Waals surface area contributed by atoms with Crippen LogP contribution in [0.5, 0.6) is 0 Å². The maximum Gasteiger partial charge on any atom is 0.327 e. The fourth-order valence-corrected chi connectivity index (χ4v) is 5.45. The van der Waals surface area contributed by atoms with Gasteiger partial charge in [0.2, 0.25) is 0 Å². The highest BCUT2D eigenvalue weighted by molar-refractivity contribution is 5.79. The summed E-state index contributed by atoms with van der Waals surface area (Å²) in [6.07, 6.45) is 47.2. The van der Waals surface area contributed by atoms with Gasteiger partial charge in [0.15, 0.2) is 0 Å². The standard InChI is InChI=1S/C21H42N2.2C11H20O2/c1-2-3-4-5-6-7-8-9-10-11-12-13-14-15-16-17-18-22-19-21-20-23-21;2*1-2-3-4-5-6-7-8-9-10-11(12)13/h9-10,21-23H,2-8,11-20H2,1H3;2*9-10H,2-8H2,1H3,(H,12,13)/b10-9-;;. The normalized spacial score (nSPS) is 13.8. The van der Waals surface area contributed by atoms with E-state index in [0.717, 1.165) is 31.7 Å². The van der Waals surface area contributed by atoms with Gasteiger partial charge in [-0.05, 0) is 64.3 Å². The molecule has 1 heterocycles. The van der Waals surface area contributed by atoms with Gasteiger partial charge in [-0.3, -0.25) is 0 Å². The summed E-state index contributed by atoms with van der Waals surface area (Å²) in [6.45, 7) is 10.3. The topological polar surface area (TPSA) is 109 Å². The molecule has 49 heavy (non-hydrogen) atoms. The molecule has 6 nitrogen and oxygen atoms in total. The van der Waals surface area contributed by atoms with Crippen molar-refractivity contribution in [1.29, 1.82) is 0 Å². The number of hydrogen-bond donors (Lipinski definition) is 4. The number of hydrogen-bond acceptors (Lipinski definition) is 4. The molecule has 1 saturated heterocycles. The summed E-state index contributed by atoms with van der Waals surface area (Å²) in [5.74, 6) is -1.68. The highest BCUT2D eigenvalue weighted by Gasteiger charge is 2.18. The van der Waals surface area contributed by atoms with Gasteiger partial charge in [-0.1, -0.05) is 167 Å². The fourth-order valence-electron chi connectivity index (χ4n) is 5.45. The van der Waals surface area contributed by atoms with Gasteiger partial charge in [-0.15, -0.1) is 0 Å². The van der Waals surface area contributed by atoms with E-state index in [1.165, 1.54) is 186 Å². The highest BCUT2D eigenvalue weighted by atomic mass is 16.4. The van der Waals surface area contributed by atoms with Crippen LogP contribution in [-0.2, 0) is 9.59 Å². The number of unbranched alkanes of at least 4 members (excludes halogenated alkanes) is 24. The second-order valence-electron chi connectivity index (χ2n) is 13.8. The van der Waals surface area contributed by atoms with Gasteiger partial charge in [0.05, 0.1) is 0 Å². The number of carboxylic acids is 2. The number of carbonyl (C=O) groups is 2. The van der Waals surface area contributed by atoms with Crippen LogP contribution in [0.1, 0.15) is 201 Å². The van der Waals surface area contributed by atoms with E-state index >= 15 is 0 Å². The van der Waals surface area contributed by atoms with E-state index in [0.29, 0.717) is 0 Å². The molecule has 0 radical (unpaired) electrons. The van der Waals surface area contributed by atoms with Crippen molar-refractivity contribution in [2.75, 3.05) is 19.6 Å². The predicted octanol–water partition coefficient (Wildman–Crippen LogP) is 12.3. The van der Waals surface area contributed by atoms with Crippen LogP contribution in [0, 0.1) is 0 Å². The third-order valence-corrected chi connectivity index (χ3v) is 8.72. The molecule has 1 aliphatic rings. The molecule has 0 aromatic heterocycles. The van der Waals surface area contributed by atoms with Crippen molar-refractivity contribution in [2.24, 2.45) is 0 Å². The first-order valence-electron chi connectivity index (χ1n) is 20.9. The van der Waals surface area contributed by atoms with E-state index in [9.17, 15) is 9.59 Å². The lowest BCUT2D eigenvalue weighted by Crippen LogP contribution is -2.21. The molecule has 0 aromatic rings. The maximum absolute atomic E-state index is 10.1. The average molecular weight is 691 g/mol. The van der Waals surface area contributed by atoms with Crippen LogP contribution < -0.4 is 10.6 Å². The van der Waals surface area contributed by atoms with Crippen molar-refractivity contribution in [3.63, 3.8) is 0 Å². The minimum atomic E-state index is -0.842. The van der Waals surface area contributed by atoms with Gasteiger partial charge in [-0.25, -0.2) is 9.59 Å². The smallest absolute Gasteiger partial charge is 0.327 e. The van der Waals surface area contributed by atoms with Crippen LogP contribution >= 0.6 is 0 Å². The van der Waals surface area contributed by atoms with E-state index in [1.54, 1.807) is 12.2 Å². The Kier molecular flexibility index (Phi) is 44.3. The third kappa shape index (κ3) is 53.1. The first-order valence-corrected chi connectivity index (χ1v) is 20.9. The molecule has 0 bridgehead atoms. The molecule has 6 heteroatoms. The summed E-state index contributed by atoms with van der Waals surface area (Å²) in [7, 11) is 0. The molecule has 0 amide bonds. The van der Waals surface area contributed by atoms with Gasteiger partial charge >= 0.3 is 11.9 Å². The molecule has 1 unspecified atom stereocenters. The Labute approximate surface area is 304 Å². The average Bonchev–Trinajstić information content (AvgIpc) is 3.91. The first-order chi connectivity index (χ1) is 24.0. The molecule has 288 valence electrons. The van der Waals surface area contributed by atoms with E-state index in [1.807, 2.05) is 0 Å². The molecule has 0 aliphatic carbocycles. The summed E-state index contributed by atoms with van der Waals surface area (Å²) in [6, 6.07) is 0.782. The summed E-state index contributed by atoms with van der Waals surface area (Å²) in [5, 5.41) is 23.4. The second kappa shape index (κ2) is 44.1. The molecule has 4 N–H and O–H groups in total. The van der Waals surface area contributed by atoms with Crippen LogP contribution in [0.4, 0.5) is 0 Å². The van der Waals surface area contributed by atoms with Crippen molar-refractivity contribution >= 4 is 11.9 Å². The lowest BCUT2D eigenvalue weighted by molar-refractivity contribution is -0.132. The lowest BCUT2D eigenvalue weighted by Gasteiger charge is -2.03. The molecular weight excluding hydrogens is 608 g/mol. The molecular formula is C43H82N2O4. The zero-order chi connectivity index (χ0) is 36.3. The number of aliphatic carboxylic acids is 2.